The van der Waals surface area contributed by atoms with Gasteiger partial charge in [0.1, 0.15) is 0 Å². The highest BCUT2D eigenvalue weighted by atomic mass is 32.1. The molecule has 0 radical (unpaired) electrons. The average molecular weight is 292 g/mol. The van der Waals surface area contributed by atoms with Crippen molar-refractivity contribution >= 4 is 11.3 Å². The molecule has 0 amide bonds. The third-order valence-electron chi connectivity index (χ3n) is 3.40. The van der Waals surface area contributed by atoms with E-state index in [4.69, 9.17) is 0 Å². The van der Waals surface area contributed by atoms with E-state index in [0.717, 1.165) is 32.4 Å². The van der Waals surface area contributed by atoms with Gasteiger partial charge in [0.15, 0.2) is 0 Å². The summed E-state index contributed by atoms with van der Waals surface area (Å²) in [6, 6.07) is 2.45. The molecule has 0 bridgehead atoms. The second-order valence-corrected chi connectivity index (χ2v) is 5.88. The molecular formula is C15H24N4S. The second kappa shape index (κ2) is 7.55. The number of hydrogen-bond acceptors (Lipinski definition) is 4. The van der Waals surface area contributed by atoms with Gasteiger partial charge in [-0.3, -0.25) is 0 Å². The molecule has 110 valence electrons. The highest BCUT2D eigenvalue weighted by Gasteiger charge is 2.21. The van der Waals surface area contributed by atoms with E-state index in [2.05, 4.69) is 47.8 Å². The number of nitrogens with one attached hydrogen (secondary N) is 1. The van der Waals surface area contributed by atoms with E-state index in [1.54, 1.807) is 0 Å². The van der Waals surface area contributed by atoms with Gasteiger partial charge in [-0.15, -0.1) is 16.4 Å². The van der Waals surface area contributed by atoms with Crippen LogP contribution in [0.4, 0.5) is 0 Å². The van der Waals surface area contributed by atoms with Crippen LogP contribution in [0.3, 0.4) is 0 Å². The molecule has 2 heterocycles. The minimum Gasteiger partial charge on any atom is -0.304 e. The van der Waals surface area contributed by atoms with Crippen LogP contribution in [-0.2, 0) is 13.0 Å². The van der Waals surface area contributed by atoms with E-state index in [9.17, 15) is 0 Å². The number of hydrogen-bond donors (Lipinski definition) is 1. The van der Waals surface area contributed by atoms with Crippen LogP contribution in [0.2, 0.25) is 0 Å². The summed E-state index contributed by atoms with van der Waals surface area (Å²) in [6.07, 6.45) is 5.17. The van der Waals surface area contributed by atoms with Gasteiger partial charge in [0.25, 0.3) is 0 Å². The Kier molecular flexibility index (Phi) is 5.73. The fourth-order valence-corrected chi connectivity index (χ4v) is 3.47. The molecule has 0 saturated heterocycles. The Balaban J connectivity index is 2.34. The standard InChI is InChI=1S/C15H24N4S/c1-4-8-16-14(15-12(6-3)7-10-20-15)13-11-17-18-19(13)9-5-2/h7,10-11,14,16H,4-6,8-9H2,1-3H3. The van der Waals surface area contributed by atoms with Gasteiger partial charge in [-0.25, -0.2) is 4.68 Å². The predicted octanol–water partition coefficient (Wildman–Crippen LogP) is 3.40. The maximum atomic E-state index is 4.23. The van der Waals surface area contributed by atoms with Gasteiger partial charge < -0.3 is 5.32 Å². The quantitative estimate of drug-likeness (QED) is 0.811. The molecule has 0 aliphatic heterocycles. The Hall–Kier alpha value is -1.20. The maximum absolute atomic E-state index is 4.23. The Bertz CT molecular complexity index is 517. The van der Waals surface area contributed by atoms with Crippen molar-refractivity contribution in [2.75, 3.05) is 6.54 Å². The Morgan fingerprint density at radius 3 is 2.85 bits per heavy atom. The van der Waals surface area contributed by atoms with Crippen molar-refractivity contribution in [1.82, 2.24) is 20.3 Å². The predicted molar refractivity (Wildman–Crippen MR) is 84.1 cm³/mol. The molecule has 1 unspecified atom stereocenters. The topological polar surface area (TPSA) is 42.7 Å². The fourth-order valence-electron chi connectivity index (χ4n) is 2.39. The van der Waals surface area contributed by atoms with E-state index in [-0.39, 0.29) is 6.04 Å². The highest BCUT2D eigenvalue weighted by Crippen LogP contribution is 2.30. The first kappa shape index (κ1) is 15.2. The summed E-state index contributed by atoms with van der Waals surface area (Å²) in [6.45, 7) is 8.50. The number of aryl methyl sites for hydroxylation is 2. The molecule has 0 fully saturated rings. The Morgan fingerprint density at radius 2 is 2.15 bits per heavy atom. The molecule has 0 aliphatic carbocycles. The van der Waals surface area contributed by atoms with Crippen molar-refractivity contribution < 1.29 is 0 Å². The lowest BCUT2D eigenvalue weighted by molar-refractivity contribution is 0.506. The van der Waals surface area contributed by atoms with Gasteiger partial charge in [-0.05, 0) is 42.8 Å². The van der Waals surface area contributed by atoms with E-state index in [1.807, 2.05) is 22.2 Å². The number of aromatic nitrogens is 3. The fraction of sp³-hybridized carbons (Fsp3) is 0.600. The van der Waals surface area contributed by atoms with Crippen LogP contribution in [0.25, 0.3) is 0 Å². The highest BCUT2D eigenvalue weighted by molar-refractivity contribution is 7.10. The third-order valence-corrected chi connectivity index (χ3v) is 4.43. The lowest BCUT2D eigenvalue weighted by Crippen LogP contribution is -2.26. The molecule has 0 saturated carbocycles. The van der Waals surface area contributed by atoms with Gasteiger partial charge in [0.2, 0.25) is 0 Å². The molecule has 0 aliphatic rings. The smallest absolute Gasteiger partial charge is 0.0861 e. The van der Waals surface area contributed by atoms with Crippen molar-refractivity contribution in [1.29, 1.82) is 0 Å². The van der Waals surface area contributed by atoms with E-state index in [1.165, 1.54) is 16.1 Å². The van der Waals surface area contributed by atoms with Crippen LogP contribution in [0, 0.1) is 0 Å². The van der Waals surface area contributed by atoms with Crippen molar-refractivity contribution in [3.05, 3.63) is 33.8 Å². The van der Waals surface area contributed by atoms with Crippen molar-refractivity contribution in [2.45, 2.75) is 52.6 Å². The lowest BCUT2D eigenvalue weighted by atomic mass is 10.1. The lowest BCUT2D eigenvalue weighted by Gasteiger charge is -2.19. The number of rotatable bonds is 8. The molecule has 1 N–H and O–H groups in total. The molecule has 2 rings (SSSR count). The van der Waals surface area contributed by atoms with E-state index in [0.29, 0.717) is 0 Å². The number of nitrogens with zero attached hydrogens (tertiary/aromatic N) is 3. The molecule has 2 aromatic rings. The van der Waals surface area contributed by atoms with Crippen LogP contribution >= 0.6 is 11.3 Å². The van der Waals surface area contributed by atoms with Gasteiger partial charge >= 0.3 is 0 Å². The van der Waals surface area contributed by atoms with Gasteiger partial charge in [0, 0.05) is 11.4 Å². The number of thiophene rings is 1. The van der Waals surface area contributed by atoms with Crippen LogP contribution in [-0.4, -0.2) is 21.5 Å². The molecule has 1 atom stereocenters. The average Bonchev–Trinajstić information content (AvgIpc) is 3.09. The summed E-state index contributed by atoms with van der Waals surface area (Å²) in [7, 11) is 0. The minimum atomic E-state index is 0.214. The zero-order valence-electron chi connectivity index (χ0n) is 12.6. The summed E-state index contributed by atoms with van der Waals surface area (Å²) in [5.41, 5.74) is 2.60. The molecule has 0 spiro atoms. The maximum Gasteiger partial charge on any atom is 0.0861 e. The molecule has 5 heteroatoms. The van der Waals surface area contributed by atoms with Crippen molar-refractivity contribution in [3.63, 3.8) is 0 Å². The molecule has 4 nitrogen and oxygen atoms in total. The van der Waals surface area contributed by atoms with E-state index >= 15 is 0 Å². The summed E-state index contributed by atoms with van der Waals surface area (Å²) in [4.78, 5) is 1.40. The molecular weight excluding hydrogens is 268 g/mol. The zero-order valence-corrected chi connectivity index (χ0v) is 13.4. The summed E-state index contributed by atoms with van der Waals surface area (Å²) in [5, 5.41) is 14.2. The van der Waals surface area contributed by atoms with E-state index < -0.39 is 0 Å². The van der Waals surface area contributed by atoms with Gasteiger partial charge in [-0.2, -0.15) is 0 Å². The third kappa shape index (κ3) is 3.27. The first-order chi connectivity index (χ1) is 9.81. The SMILES string of the molecule is CCCNC(c1sccc1CC)c1cnnn1CCC. The van der Waals surface area contributed by atoms with Crippen LogP contribution in [0.15, 0.2) is 17.6 Å². The summed E-state index contributed by atoms with van der Waals surface area (Å²) >= 11 is 1.83. The van der Waals surface area contributed by atoms with Crippen LogP contribution < -0.4 is 5.32 Å². The van der Waals surface area contributed by atoms with Crippen molar-refractivity contribution in [2.24, 2.45) is 0 Å². The second-order valence-electron chi connectivity index (χ2n) is 4.93. The normalized spacial score (nSPS) is 12.8. The summed E-state index contributed by atoms with van der Waals surface area (Å²) in [5.74, 6) is 0. The van der Waals surface area contributed by atoms with Crippen LogP contribution in [0.5, 0.6) is 0 Å². The molecule has 2 aromatic heterocycles. The largest absolute Gasteiger partial charge is 0.304 e. The monoisotopic (exact) mass is 292 g/mol. The minimum absolute atomic E-state index is 0.214. The molecule has 0 aromatic carbocycles. The Morgan fingerprint density at radius 1 is 1.30 bits per heavy atom. The first-order valence-electron chi connectivity index (χ1n) is 7.49. The van der Waals surface area contributed by atoms with Gasteiger partial charge in [0.05, 0.1) is 17.9 Å². The Labute approximate surface area is 125 Å². The first-order valence-corrected chi connectivity index (χ1v) is 8.37. The van der Waals surface area contributed by atoms with Crippen molar-refractivity contribution in [3.8, 4) is 0 Å². The summed E-state index contributed by atoms with van der Waals surface area (Å²) < 4.78 is 2.03. The molecule has 20 heavy (non-hydrogen) atoms. The zero-order chi connectivity index (χ0) is 14.4. The van der Waals surface area contributed by atoms with Gasteiger partial charge in [-0.1, -0.05) is 26.0 Å². The van der Waals surface area contributed by atoms with Crippen LogP contribution in [0.1, 0.15) is 55.8 Å².